The highest BCUT2D eigenvalue weighted by molar-refractivity contribution is 7.17. The Morgan fingerprint density at radius 3 is 2.57 bits per heavy atom. The minimum Gasteiger partial charge on any atom is -0.345 e. The highest BCUT2D eigenvalue weighted by Crippen LogP contribution is 2.30. The molecule has 0 spiro atoms. The molecule has 1 atom stereocenters. The van der Waals surface area contributed by atoms with Crippen LogP contribution >= 0.6 is 22.9 Å². The van der Waals surface area contributed by atoms with Crippen LogP contribution < -0.4 is 5.32 Å². The Balaban J connectivity index is 1.74. The third-order valence-electron chi connectivity index (χ3n) is 3.59. The third kappa shape index (κ3) is 3.81. The van der Waals surface area contributed by atoms with Gasteiger partial charge in [0.25, 0.3) is 5.91 Å². The summed E-state index contributed by atoms with van der Waals surface area (Å²) in [7, 11) is 0. The van der Waals surface area contributed by atoms with Crippen molar-refractivity contribution >= 4 is 28.8 Å². The van der Waals surface area contributed by atoms with E-state index in [1.807, 2.05) is 73.7 Å². The normalized spacial score (nSPS) is 11.9. The molecule has 2 nitrogen and oxygen atoms in total. The predicted octanol–water partition coefficient (Wildman–Crippen LogP) is 5.56. The van der Waals surface area contributed by atoms with Crippen molar-refractivity contribution in [3.63, 3.8) is 0 Å². The molecule has 0 aliphatic carbocycles. The Hall–Kier alpha value is -2.10. The van der Waals surface area contributed by atoms with E-state index in [9.17, 15) is 4.79 Å². The molecular weight excluding hydrogens is 326 g/mol. The first-order valence-corrected chi connectivity index (χ1v) is 8.54. The van der Waals surface area contributed by atoms with Crippen molar-refractivity contribution in [3.05, 3.63) is 82.2 Å². The fourth-order valence-electron chi connectivity index (χ4n) is 2.35. The fourth-order valence-corrected chi connectivity index (χ4v) is 3.45. The molecule has 0 fully saturated rings. The lowest BCUT2D eigenvalue weighted by atomic mass is 10.1. The van der Waals surface area contributed by atoms with Gasteiger partial charge >= 0.3 is 0 Å². The number of halogens is 1. The molecule has 1 N–H and O–H groups in total. The number of hydrogen-bond donors (Lipinski definition) is 1. The maximum Gasteiger partial charge on any atom is 0.261 e. The Morgan fingerprint density at radius 2 is 1.83 bits per heavy atom. The molecule has 1 amide bonds. The lowest BCUT2D eigenvalue weighted by Crippen LogP contribution is -2.25. The van der Waals surface area contributed by atoms with E-state index < -0.39 is 0 Å². The van der Waals surface area contributed by atoms with Gasteiger partial charge in [-0.05, 0) is 42.3 Å². The predicted molar refractivity (Wildman–Crippen MR) is 97.1 cm³/mol. The molecule has 3 rings (SSSR count). The summed E-state index contributed by atoms with van der Waals surface area (Å²) in [6.45, 7) is 1.98. The van der Waals surface area contributed by atoms with Crippen molar-refractivity contribution in [1.29, 1.82) is 0 Å². The zero-order valence-electron chi connectivity index (χ0n) is 12.6. The summed E-state index contributed by atoms with van der Waals surface area (Å²) in [5.41, 5.74) is 2.12. The van der Waals surface area contributed by atoms with Gasteiger partial charge in [-0.2, -0.15) is 0 Å². The van der Waals surface area contributed by atoms with Gasteiger partial charge in [0, 0.05) is 9.90 Å². The monoisotopic (exact) mass is 341 g/mol. The molecule has 0 unspecified atom stereocenters. The SMILES string of the molecule is C[C@H](NC(=O)c1ccc(-c2cccc(Cl)c2)s1)c1ccccc1. The maximum atomic E-state index is 12.4. The van der Waals surface area contributed by atoms with Crippen LogP contribution in [0.5, 0.6) is 0 Å². The number of carbonyl (C=O) groups excluding carboxylic acids is 1. The standard InChI is InChI=1S/C19H16ClNOS/c1-13(14-6-3-2-4-7-14)21-19(22)18-11-10-17(23-18)15-8-5-9-16(20)12-15/h2-13H,1H3,(H,21,22)/t13-/m0/s1. The molecule has 0 aliphatic rings. The number of nitrogens with one attached hydrogen (secondary N) is 1. The van der Waals surface area contributed by atoms with Crippen molar-refractivity contribution in [2.45, 2.75) is 13.0 Å². The van der Waals surface area contributed by atoms with E-state index in [0.29, 0.717) is 9.90 Å². The van der Waals surface area contributed by atoms with Crippen LogP contribution in [0.3, 0.4) is 0 Å². The number of thiophene rings is 1. The molecule has 0 bridgehead atoms. The van der Waals surface area contributed by atoms with Crippen molar-refractivity contribution in [2.75, 3.05) is 0 Å². The molecule has 23 heavy (non-hydrogen) atoms. The Morgan fingerprint density at radius 1 is 1.04 bits per heavy atom. The first kappa shape index (κ1) is 15.8. The minimum absolute atomic E-state index is 0.0274. The summed E-state index contributed by atoms with van der Waals surface area (Å²) in [4.78, 5) is 14.1. The average Bonchev–Trinajstić information content (AvgIpc) is 3.06. The zero-order chi connectivity index (χ0) is 16.2. The summed E-state index contributed by atoms with van der Waals surface area (Å²) < 4.78 is 0. The van der Waals surface area contributed by atoms with Crippen molar-refractivity contribution in [3.8, 4) is 10.4 Å². The van der Waals surface area contributed by atoms with Gasteiger partial charge in [-0.1, -0.05) is 54.1 Å². The first-order chi connectivity index (χ1) is 11.1. The van der Waals surface area contributed by atoms with Crippen molar-refractivity contribution in [2.24, 2.45) is 0 Å². The lowest BCUT2D eigenvalue weighted by molar-refractivity contribution is 0.0944. The van der Waals surface area contributed by atoms with Gasteiger partial charge in [-0.25, -0.2) is 0 Å². The summed E-state index contributed by atoms with van der Waals surface area (Å²) in [5.74, 6) is -0.0559. The quantitative estimate of drug-likeness (QED) is 0.661. The Bertz CT molecular complexity index is 813. The number of carbonyl (C=O) groups is 1. The second kappa shape index (κ2) is 6.99. The molecule has 0 radical (unpaired) electrons. The summed E-state index contributed by atoms with van der Waals surface area (Å²) >= 11 is 7.50. The van der Waals surface area contributed by atoms with Gasteiger partial charge < -0.3 is 5.32 Å². The Kier molecular flexibility index (Phi) is 4.79. The highest BCUT2D eigenvalue weighted by atomic mass is 35.5. The second-order valence-electron chi connectivity index (χ2n) is 5.28. The zero-order valence-corrected chi connectivity index (χ0v) is 14.2. The smallest absolute Gasteiger partial charge is 0.261 e. The third-order valence-corrected chi connectivity index (χ3v) is 4.95. The van der Waals surface area contributed by atoms with E-state index in [1.54, 1.807) is 0 Å². The van der Waals surface area contributed by atoms with Crippen LogP contribution in [0.2, 0.25) is 5.02 Å². The molecule has 0 saturated heterocycles. The number of benzene rings is 2. The van der Waals surface area contributed by atoms with E-state index in [0.717, 1.165) is 16.0 Å². The second-order valence-corrected chi connectivity index (χ2v) is 6.80. The maximum absolute atomic E-state index is 12.4. The molecule has 1 heterocycles. The summed E-state index contributed by atoms with van der Waals surface area (Å²) in [5, 5.41) is 3.73. The van der Waals surface area contributed by atoms with Crippen molar-refractivity contribution in [1.82, 2.24) is 5.32 Å². The van der Waals surface area contributed by atoms with Gasteiger partial charge in [0.2, 0.25) is 0 Å². The first-order valence-electron chi connectivity index (χ1n) is 7.35. The number of rotatable bonds is 4. The highest BCUT2D eigenvalue weighted by Gasteiger charge is 2.14. The Labute approximate surface area is 144 Å². The van der Waals surface area contributed by atoms with Gasteiger partial charge in [-0.3, -0.25) is 4.79 Å². The molecule has 0 aliphatic heterocycles. The van der Waals surface area contributed by atoms with E-state index in [4.69, 9.17) is 11.6 Å². The van der Waals surface area contributed by atoms with Gasteiger partial charge in [0.1, 0.15) is 0 Å². The van der Waals surface area contributed by atoms with Crippen molar-refractivity contribution < 1.29 is 4.79 Å². The molecule has 0 saturated carbocycles. The fraction of sp³-hybridized carbons (Fsp3) is 0.105. The molecular formula is C19H16ClNOS. The van der Waals surface area contributed by atoms with E-state index in [2.05, 4.69) is 5.32 Å². The number of amides is 1. The molecule has 4 heteroatoms. The molecule has 3 aromatic rings. The van der Waals surface area contributed by atoms with Gasteiger partial charge in [0.15, 0.2) is 0 Å². The van der Waals surface area contributed by atoms with Crippen LogP contribution in [-0.2, 0) is 0 Å². The van der Waals surface area contributed by atoms with Gasteiger partial charge in [-0.15, -0.1) is 11.3 Å². The van der Waals surface area contributed by atoms with E-state index in [-0.39, 0.29) is 11.9 Å². The topological polar surface area (TPSA) is 29.1 Å². The van der Waals surface area contributed by atoms with Gasteiger partial charge in [0.05, 0.1) is 10.9 Å². The minimum atomic E-state index is -0.0559. The summed E-state index contributed by atoms with van der Waals surface area (Å²) in [6.07, 6.45) is 0. The number of hydrogen-bond acceptors (Lipinski definition) is 2. The van der Waals surface area contributed by atoms with Crippen LogP contribution in [0.15, 0.2) is 66.7 Å². The van der Waals surface area contributed by atoms with Crippen LogP contribution in [0.4, 0.5) is 0 Å². The van der Waals surface area contributed by atoms with Crippen LogP contribution in [-0.4, -0.2) is 5.91 Å². The summed E-state index contributed by atoms with van der Waals surface area (Å²) in [6, 6.07) is 21.4. The van der Waals surface area contributed by atoms with Crippen LogP contribution in [0, 0.1) is 0 Å². The van der Waals surface area contributed by atoms with Crippen LogP contribution in [0.1, 0.15) is 28.2 Å². The largest absolute Gasteiger partial charge is 0.345 e. The average molecular weight is 342 g/mol. The molecule has 1 aromatic heterocycles. The molecule has 116 valence electrons. The van der Waals surface area contributed by atoms with E-state index in [1.165, 1.54) is 11.3 Å². The lowest BCUT2D eigenvalue weighted by Gasteiger charge is -2.13. The van der Waals surface area contributed by atoms with E-state index >= 15 is 0 Å². The molecule has 2 aromatic carbocycles. The van der Waals surface area contributed by atoms with Crippen LogP contribution in [0.25, 0.3) is 10.4 Å².